The lowest BCUT2D eigenvalue weighted by molar-refractivity contribution is 0.0398. The summed E-state index contributed by atoms with van der Waals surface area (Å²) in [4.78, 5) is 13.4. The standard InChI is InChI=1S/C14H19NO3/c1-14(2,3)18-13(16)15-9-11(15)10-17-12-7-5-4-6-8-12/h4-8,11H,9-10H2,1-3H3. The van der Waals surface area contributed by atoms with Gasteiger partial charge >= 0.3 is 6.09 Å². The molecule has 1 aliphatic rings. The van der Waals surface area contributed by atoms with E-state index in [0.717, 1.165) is 5.75 Å². The van der Waals surface area contributed by atoms with E-state index in [2.05, 4.69) is 0 Å². The molecule has 1 aliphatic heterocycles. The molecule has 1 amide bonds. The first-order valence-electron chi connectivity index (χ1n) is 6.13. The van der Waals surface area contributed by atoms with Crippen LogP contribution in [-0.4, -0.2) is 35.8 Å². The van der Waals surface area contributed by atoms with Gasteiger partial charge < -0.3 is 9.47 Å². The van der Waals surface area contributed by atoms with Crippen molar-refractivity contribution in [2.75, 3.05) is 13.2 Å². The second kappa shape index (κ2) is 4.88. The summed E-state index contributed by atoms with van der Waals surface area (Å²) in [7, 11) is 0. The van der Waals surface area contributed by atoms with E-state index in [1.54, 1.807) is 4.90 Å². The fourth-order valence-corrected chi connectivity index (χ4v) is 1.58. The Labute approximate surface area is 107 Å². The highest BCUT2D eigenvalue weighted by atomic mass is 16.6. The van der Waals surface area contributed by atoms with Gasteiger partial charge in [-0.3, -0.25) is 4.90 Å². The van der Waals surface area contributed by atoms with Crippen LogP contribution in [0.25, 0.3) is 0 Å². The average Bonchev–Trinajstić information content (AvgIpc) is 3.05. The number of hydrogen-bond donors (Lipinski definition) is 0. The predicted octanol–water partition coefficient (Wildman–Crippen LogP) is 2.68. The summed E-state index contributed by atoms with van der Waals surface area (Å²) in [6.45, 7) is 6.82. The zero-order valence-corrected chi connectivity index (χ0v) is 11.1. The van der Waals surface area contributed by atoms with Crippen LogP contribution in [0.15, 0.2) is 30.3 Å². The Hall–Kier alpha value is -1.71. The molecular weight excluding hydrogens is 230 g/mol. The molecule has 0 spiro atoms. The molecule has 0 saturated carbocycles. The summed E-state index contributed by atoms with van der Waals surface area (Å²) in [6.07, 6.45) is -0.260. The van der Waals surface area contributed by atoms with E-state index in [1.165, 1.54) is 0 Å². The largest absolute Gasteiger partial charge is 0.491 e. The Morgan fingerprint density at radius 1 is 1.33 bits per heavy atom. The van der Waals surface area contributed by atoms with E-state index >= 15 is 0 Å². The number of benzene rings is 1. The van der Waals surface area contributed by atoms with Gasteiger partial charge in [0.2, 0.25) is 0 Å². The molecule has 1 aromatic carbocycles. The SMILES string of the molecule is CC(C)(C)OC(=O)N1CC1COc1ccccc1. The van der Waals surface area contributed by atoms with Gasteiger partial charge in [0.25, 0.3) is 0 Å². The summed E-state index contributed by atoms with van der Waals surface area (Å²) >= 11 is 0. The highest BCUT2D eigenvalue weighted by molar-refractivity contribution is 5.71. The molecule has 4 heteroatoms. The van der Waals surface area contributed by atoms with Crippen molar-refractivity contribution in [1.29, 1.82) is 0 Å². The smallest absolute Gasteiger partial charge is 0.410 e. The molecule has 0 N–H and O–H groups in total. The van der Waals surface area contributed by atoms with Crippen LogP contribution in [0.1, 0.15) is 20.8 Å². The molecule has 1 saturated heterocycles. The highest BCUT2D eigenvalue weighted by Crippen LogP contribution is 2.22. The minimum Gasteiger partial charge on any atom is -0.491 e. The maximum Gasteiger partial charge on any atom is 0.410 e. The van der Waals surface area contributed by atoms with Gasteiger partial charge in [0.15, 0.2) is 0 Å². The van der Waals surface area contributed by atoms with E-state index in [1.807, 2.05) is 51.1 Å². The van der Waals surface area contributed by atoms with Crippen molar-refractivity contribution in [1.82, 2.24) is 4.90 Å². The van der Waals surface area contributed by atoms with Gasteiger partial charge in [-0.2, -0.15) is 0 Å². The zero-order valence-electron chi connectivity index (χ0n) is 11.1. The normalized spacial score (nSPS) is 18.4. The van der Waals surface area contributed by atoms with Gasteiger partial charge in [-0.05, 0) is 32.9 Å². The summed E-state index contributed by atoms with van der Waals surface area (Å²) in [5.74, 6) is 0.827. The lowest BCUT2D eigenvalue weighted by atomic mass is 10.2. The number of para-hydroxylation sites is 1. The summed E-state index contributed by atoms with van der Waals surface area (Å²) < 4.78 is 10.9. The quantitative estimate of drug-likeness (QED) is 0.773. The number of ether oxygens (including phenoxy) is 2. The maximum atomic E-state index is 11.7. The van der Waals surface area contributed by atoms with Crippen LogP contribution in [0, 0.1) is 0 Å². The van der Waals surface area contributed by atoms with E-state index in [-0.39, 0.29) is 12.1 Å². The van der Waals surface area contributed by atoms with Gasteiger partial charge in [0.05, 0.1) is 6.04 Å². The predicted molar refractivity (Wildman–Crippen MR) is 68.7 cm³/mol. The molecule has 0 aliphatic carbocycles. The molecule has 4 nitrogen and oxygen atoms in total. The molecule has 1 unspecified atom stereocenters. The molecule has 0 bridgehead atoms. The molecule has 98 valence electrons. The number of carbonyl (C=O) groups is 1. The molecule has 2 rings (SSSR count). The first-order chi connectivity index (χ1) is 8.46. The molecule has 1 atom stereocenters. The first-order valence-corrected chi connectivity index (χ1v) is 6.13. The lowest BCUT2D eigenvalue weighted by Crippen LogP contribution is -2.28. The molecule has 1 fully saturated rings. The van der Waals surface area contributed by atoms with E-state index in [9.17, 15) is 4.79 Å². The third kappa shape index (κ3) is 3.65. The first kappa shape index (κ1) is 12.7. The molecular formula is C14H19NO3. The van der Waals surface area contributed by atoms with Gasteiger partial charge in [-0.25, -0.2) is 4.79 Å². The zero-order chi connectivity index (χ0) is 13.2. The van der Waals surface area contributed by atoms with Crippen molar-refractivity contribution in [3.63, 3.8) is 0 Å². The van der Waals surface area contributed by atoms with E-state index in [0.29, 0.717) is 13.2 Å². The number of carbonyl (C=O) groups excluding carboxylic acids is 1. The highest BCUT2D eigenvalue weighted by Gasteiger charge is 2.41. The average molecular weight is 249 g/mol. The fourth-order valence-electron chi connectivity index (χ4n) is 1.58. The molecule has 0 radical (unpaired) electrons. The monoisotopic (exact) mass is 249 g/mol. The van der Waals surface area contributed by atoms with Crippen molar-refractivity contribution < 1.29 is 14.3 Å². The summed E-state index contributed by atoms with van der Waals surface area (Å²) in [6, 6.07) is 9.74. The Morgan fingerprint density at radius 2 is 2.00 bits per heavy atom. The Balaban J connectivity index is 1.74. The van der Waals surface area contributed by atoms with Crippen molar-refractivity contribution in [3.05, 3.63) is 30.3 Å². The van der Waals surface area contributed by atoms with Crippen LogP contribution in [0.2, 0.25) is 0 Å². The van der Waals surface area contributed by atoms with Crippen LogP contribution in [0.5, 0.6) is 5.75 Å². The van der Waals surface area contributed by atoms with Crippen LogP contribution >= 0.6 is 0 Å². The van der Waals surface area contributed by atoms with Gasteiger partial charge in [0, 0.05) is 6.54 Å². The number of nitrogens with zero attached hydrogens (tertiary/aromatic N) is 1. The van der Waals surface area contributed by atoms with Crippen LogP contribution in [0.4, 0.5) is 4.79 Å². The van der Waals surface area contributed by atoms with Crippen LogP contribution < -0.4 is 4.74 Å². The van der Waals surface area contributed by atoms with Crippen molar-refractivity contribution in [2.45, 2.75) is 32.4 Å². The third-order valence-corrected chi connectivity index (χ3v) is 2.53. The minimum absolute atomic E-state index is 0.139. The second-order valence-electron chi connectivity index (χ2n) is 5.41. The lowest BCUT2D eigenvalue weighted by Gasteiger charge is -2.19. The topological polar surface area (TPSA) is 38.5 Å². The van der Waals surface area contributed by atoms with Gasteiger partial charge in [-0.1, -0.05) is 18.2 Å². The number of hydrogen-bond acceptors (Lipinski definition) is 3. The van der Waals surface area contributed by atoms with Crippen LogP contribution in [0.3, 0.4) is 0 Å². The van der Waals surface area contributed by atoms with Crippen molar-refractivity contribution in [3.8, 4) is 5.75 Å². The maximum absolute atomic E-state index is 11.7. The number of amides is 1. The Bertz CT molecular complexity index is 411. The third-order valence-electron chi connectivity index (χ3n) is 2.53. The Kier molecular flexibility index (Phi) is 3.45. The Morgan fingerprint density at radius 3 is 2.61 bits per heavy atom. The van der Waals surface area contributed by atoms with Gasteiger partial charge in [-0.15, -0.1) is 0 Å². The van der Waals surface area contributed by atoms with Crippen LogP contribution in [-0.2, 0) is 4.74 Å². The summed E-state index contributed by atoms with van der Waals surface area (Å²) in [5.41, 5.74) is -0.440. The molecule has 18 heavy (non-hydrogen) atoms. The van der Waals surface area contributed by atoms with Crippen molar-refractivity contribution in [2.24, 2.45) is 0 Å². The van der Waals surface area contributed by atoms with Crippen molar-refractivity contribution >= 4 is 6.09 Å². The molecule has 1 heterocycles. The second-order valence-corrected chi connectivity index (χ2v) is 5.41. The van der Waals surface area contributed by atoms with E-state index < -0.39 is 5.60 Å². The fraction of sp³-hybridized carbons (Fsp3) is 0.500. The van der Waals surface area contributed by atoms with Gasteiger partial charge in [0.1, 0.15) is 18.0 Å². The minimum atomic E-state index is -0.440. The number of rotatable bonds is 3. The molecule has 1 aromatic rings. The molecule has 0 aromatic heterocycles. The van der Waals surface area contributed by atoms with E-state index in [4.69, 9.17) is 9.47 Å². The summed E-state index contributed by atoms with van der Waals surface area (Å²) in [5, 5.41) is 0.